The maximum absolute atomic E-state index is 12.0. The molecule has 1 aromatic heterocycles. The summed E-state index contributed by atoms with van der Waals surface area (Å²) in [6.07, 6.45) is 3.41. The molecule has 1 unspecified atom stereocenters. The van der Waals surface area contributed by atoms with E-state index in [-0.39, 0.29) is 11.9 Å². The molecule has 0 spiro atoms. The molecule has 18 heavy (non-hydrogen) atoms. The highest BCUT2D eigenvalue weighted by molar-refractivity contribution is 5.95. The predicted octanol–water partition coefficient (Wildman–Crippen LogP) is 2.15. The molecule has 92 valence electrons. The molecule has 0 fully saturated rings. The van der Waals surface area contributed by atoms with Gasteiger partial charge >= 0.3 is 0 Å². The monoisotopic (exact) mass is 241 g/mol. The third kappa shape index (κ3) is 2.85. The standard InChI is InChI=1S/C14H15N3O/c1-10(11-5-7-16-8-6-11)17-14(18)12-3-2-4-13(15)9-12/h2-10H,15H2,1H3,(H,17,18). The minimum absolute atomic E-state index is 0.0677. The van der Waals surface area contributed by atoms with Gasteiger partial charge in [0.25, 0.3) is 5.91 Å². The van der Waals surface area contributed by atoms with E-state index in [2.05, 4.69) is 10.3 Å². The van der Waals surface area contributed by atoms with E-state index in [1.165, 1.54) is 0 Å². The molecule has 1 amide bonds. The molecule has 0 radical (unpaired) electrons. The third-order valence-electron chi connectivity index (χ3n) is 2.70. The summed E-state index contributed by atoms with van der Waals surface area (Å²) in [5, 5.41) is 2.92. The number of nitrogen functional groups attached to an aromatic ring is 1. The van der Waals surface area contributed by atoms with Gasteiger partial charge in [-0.05, 0) is 42.8 Å². The van der Waals surface area contributed by atoms with Crippen LogP contribution < -0.4 is 11.1 Å². The van der Waals surface area contributed by atoms with Crippen LogP contribution in [0.5, 0.6) is 0 Å². The number of aromatic nitrogens is 1. The quantitative estimate of drug-likeness (QED) is 0.809. The van der Waals surface area contributed by atoms with Crippen molar-refractivity contribution in [1.29, 1.82) is 0 Å². The van der Waals surface area contributed by atoms with Gasteiger partial charge in [0.15, 0.2) is 0 Å². The Morgan fingerprint density at radius 1 is 1.28 bits per heavy atom. The van der Waals surface area contributed by atoms with E-state index in [1.54, 1.807) is 36.7 Å². The van der Waals surface area contributed by atoms with Crippen molar-refractivity contribution in [2.45, 2.75) is 13.0 Å². The highest BCUT2D eigenvalue weighted by Gasteiger charge is 2.11. The van der Waals surface area contributed by atoms with Crippen LogP contribution in [0.25, 0.3) is 0 Å². The van der Waals surface area contributed by atoms with Crippen LogP contribution in [0, 0.1) is 0 Å². The van der Waals surface area contributed by atoms with E-state index in [0.717, 1.165) is 5.56 Å². The maximum atomic E-state index is 12.0. The lowest BCUT2D eigenvalue weighted by Crippen LogP contribution is -2.26. The number of nitrogens with one attached hydrogen (secondary N) is 1. The van der Waals surface area contributed by atoms with Crippen molar-refractivity contribution in [2.75, 3.05) is 5.73 Å². The number of rotatable bonds is 3. The number of nitrogens with zero attached hydrogens (tertiary/aromatic N) is 1. The zero-order valence-electron chi connectivity index (χ0n) is 10.1. The summed E-state index contributed by atoms with van der Waals surface area (Å²) >= 11 is 0. The van der Waals surface area contributed by atoms with Gasteiger partial charge in [0, 0.05) is 23.6 Å². The second-order valence-electron chi connectivity index (χ2n) is 4.10. The number of anilines is 1. The van der Waals surface area contributed by atoms with Crippen molar-refractivity contribution in [1.82, 2.24) is 10.3 Å². The largest absolute Gasteiger partial charge is 0.399 e. The van der Waals surface area contributed by atoms with Crippen LogP contribution in [0.4, 0.5) is 5.69 Å². The number of hydrogen-bond donors (Lipinski definition) is 2. The van der Waals surface area contributed by atoms with Crippen LogP contribution in [-0.2, 0) is 0 Å². The lowest BCUT2D eigenvalue weighted by Gasteiger charge is -2.14. The SMILES string of the molecule is CC(NC(=O)c1cccc(N)c1)c1ccncc1. The lowest BCUT2D eigenvalue weighted by molar-refractivity contribution is 0.0940. The van der Waals surface area contributed by atoms with E-state index >= 15 is 0 Å². The van der Waals surface area contributed by atoms with E-state index in [4.69, 9.17) is 5.73 Å². The third-order valence-corrected chi connectivity index (χ3v) is 2.70. The summed E-state index contributed by atoms with van der Waals surface area (Å²) in [5.74, 6) is -0.133. The minimum atomic E-state index is -0.133. The van der Waals surface area contributed by atoms with Gasteiger partial charge in [0.2, 0.25) is 0 Å². The fourth-order valence-electron chi connectivity index (χ4n) is 1.70. The molecule has 1 aromatic carbocycles. The maximum Gasteiger partial charge on any atom is 0.251 e. The van der Waals surface area contributed by atoms with Crippen LogP contribution in [0.1, 0.15) is 28.9 Å². The molecular weight excluding hydrogens is 226 g/mol. The van der Waals surface area contributed by atoms with Crippen molar-refractivity contribution in [3.63, 3.8) is 0 Å². The summed E-state index contributed by atoms with van der Waals surface area (Å²) in [6.45, 7) is 1.93. The fraction of sp³-hybridized carbons (Fsp3) is 0.143. The molecule has 1 atom stereocenters. The van der Waals surface area contributed by atoms with Crippen LogP contribution in [0.2, 0.25) is 0 Å². The fourth-order valence-corrected chi connectivity index (χ4v) is 1.70. The van der Waals surface area contributed by atoms with Gasteiger partial charge in [0.05, 0.1) is 6.04 Å². The average molecular weight is 241 g/mol. The molecule has 2 aromatic rings. The zero-order valence-corrected chi connectivity index (χ0v) is 10.1. The first-order chi connectivity index (χ1) is 8.66. The van der Waals surface area contributed by atoms with Crippen molar-refractivity contribution in [3.05, 3.63) is 59.9 Å². The number of nitrogens with two attached hydrogens (primary N) is 1. The van der Waals surface area contributed by atoms with Gasteiger partial charge in [-0.25, -0.2) is 0 Å². The van der Waals surface area contributed by atoms with Crippen molar-refractivity contribution in [2.24, 2.45) is 0 Å². The summed E-state index contributed by atoms with van der Waals surface area (Å²) in [5.41, 5.74) is 7.81. The number of carbonyl (C=O) groups excluding carboxylic acids is 1. The van der Waals surface area contributed by atoms with Gasteiger partial charge in [-0.1, -0.05) is 6.07 Å². The Bertz CT molecular complexity index is 540. The Morgan fingerprint density at radius 2 is 2.00 bits per heavy atom. The number of pyridine rings is 1. The van der Waals surface area contributed by atoms with E-state index in [9.17, 15) is 4.79 Å². The first kappa shape index (κ1) is 12.1. The molecule has 0 saturated carbocycles. The molecule has 0 bridgehead atoms. The highest BCUT2D eigenvalue weighted by atomic mass is 16.1. The van der Waals surface area contributed by atoms with Crippen molar-refractivity contribution >= 4 is 11.6 Å². The Labute approximate surface area is 106 Å². The first-order valence-corrected chi connectivity index (χ1v) is 5.73. The van der Waals surface area contributed by atoms with E-state index in [1.807, 2.05) is 19.1 Å². The Hall–Kier alpha value is -2.36. The molecule has 4 nitrogen and oxygen atoms in total. The molecule has 0 aliphatic rings. The summed E-state index contributed by atoms with van der Waals surface area (Å²) < 4.78 is 0. The molecule has 1 heterocycles. The number of amides is 1. The summed E-state index contributed by atoms with van der Waals surface area (Å²) in [4.78, 5) is 15.9. The average Bonchev–Trinajstić information content (AvgIpc) is 2.39. The summed E-state index contributed by atoms with van der Waals surface area (Å²) in [6, 6.07) is 10.6. The van der Waals surface area contributed by atoms with Gasteiger partial charge in [-0.3, -0.25) is 9.78 Å². The smallest absolute Gasteiger partial charge is 0.251 e. The summed E-state index contributed by atoms with van der Waals surface area (Å²) in [7, 11) is 0. The lowest BCUT2D eigenvalue weighted by atomic mass is 10.1. The van der Waals surface area contributed by atoms with Gasteiger partial charge in [-0.2, -0.15) is 0 Å². The van der Waals surface area contributed by atoms with Crippen LogP contribution in [0.15, 0.2) is 48.8 Å². The van der Waals surface area contributed by atoms with Gasteiger partial charge in [-0.15, -0.1) is 0 Å². The number of carbonyl (C=O) groups is 1. The van der Waals surface area contributed by atoms with E-state index in [0.29, 0.717) is 11.3 Å². The number of benzene rings is 1. The minimum Gasteiger partial charge on any atom is -0.399 e. The van der Waals surface area contributed by atoms with Crippen LogP contribution >= 0.6 is 0 Å². The molecule has 0 aliphatic carbocycles. The second-order valence-corrected chi connectivity index (χ2v) is 4.10. The zero-order chi connectivity index (χ0) is 13.0. The predicted molar refractivity (Wildman–Crippen MR) is 71.0 cm³/mol. The number of hydrogen-bond acceptors (Lipinski definition) is 3. The molecule has 0 saturated heterocycles. The topological polar surface area (TPSA) is 68.0 Å². The molecule has 4 heteroatoms. The normalized spacial score (nSPS) is 11.8. The Kier molecular flexibility index (Phi) is 3.57. The highest BCUT2D eigenvalue weighted by Crippen LogP contribution is 2.12. The molecule has 0 aliphatic heterocycles. The first-order valence-electron chi connectivity index (χ1n) is 5.73. The molecule has 2 rings (SSSR count). The van der Waals surface area contributed by atoms with Crippen molar-refractivity contribution in [3.8, 4) is 0 Å². The second kappa shape index (κ2) is 5.31. The van der Waals surface area contributed by atoms with Crippen LogP contribution in [0.3, 0.4) is 0 Å². The molecule has 3 N–H and O–H groups in total. The van der Waals surface area contributed by atoms with Gasteiger partial charge < -0.3 is 11.1 Å². The van der Waals surface area contributed by atoms with Crippen molar-refractivity contribution < 1.29 is 4.79 Å². The Morgan fingerprint density at radius 3 is 2.67 bits per heavy atom. The molecular formula is C14H15N3O. The van der Waals surface area contributed by atoms with Gasteiger partial charge in [0.1, 0.15) is 0 Å². The van der Waals surface area contributed by atoms with Crippen LogP contribution in [-0.4, -0.2) is 10.9 Å². The van der Waals surface area contributed by atoms with E-state index < -0.39 is 0 Å². The Balaban J connectivity index is 2.08.